The monoisotopic (exact) mass is 238 g/mol. The molecule has 0 spiro atoms. The van der Waals surface area contributed by atoms with Crippen LogP contribution in [0.3, 0.4) is 0 Å². The number of hydrogen-bond donors (Lipinski definition) is 0. The van der Waals surface area contributed by atoms with Gasteiger partial charge in [0.2, 0.25) is 0 Å². The summed E-state index contributed by atoms with van der Waals surface area (Å²) in [7, 11) is 0. The van der Waals surface area contributed by atoms with Gasteiger partial charge in [-0.05, 0) is 0 Å². The molecule has 0 aliphatic carbocycles. The summed E-state index contributed by atoms with van der Waals surface area (Å²) in [5, 5.41) is 0. The summed E-state index contributed by atoms with van der Waals surface area (Å²) in [6, 6.07) is 0. The molecule has 0 atom stereocenters. The summed E-state index contributed by atoms with van der Waals surface area (Å²) in [5.41, 5.74) is 0. The van der Waals surface area contributed by atoms with Gasteiger partial charge >= 0.3 is 0 Å². The average Bonchev–Trinajstić information content (AvgIpc) is 1.37. The molecule has 0 fully saturated rings. The van der Waals surface area contributed by atoms with Crippen LogP contribution in [-0.2, 0) is 25.8 Å². The van der Waals surface area contributed by atoms with Crippen molar-refractivity contribution in [2.45, 2.75) is 26.7 Å². The van der Waals surface area contributed by atoms with Gasteiger partial charge in [-0.2, -0.15) is 0 Å². The van der Waals surface area contributed by atoms with Crippen molar-refractivity contribution in [3.63, 3.8) is 0 Å². The van der Waals surface area contributed by atoms with Gasteiger partial charge in [0, 0.05) is 25.8 Å². The van der Waals surface area contributed by atoms with E-state index in [2.05, 4.69) is 13.8 Å². The second-order valence-electron chi connectivity index (χ2n) is 1.000. The molecular formula is C4H10Hf. The largest absolute Gasteiger partial charge is 0.0654 e. The van der Waals surface area contributed by atoms with E-state index in [-0.39, 0.29) is 25.8 Å². The van der Waals surface area contributed by atoms with Gasteiger partial charge in [0.05, 0.1) is 0 Å². The van der Waals surface area contributed by atoms with Crippen LogP contribution in [-0.4, -0.2) is 0 Å². The molecule has 0 amide bonds. The van der Waals surface area contributed by atoms with E-state index in [0.29, 0.717) is 0 Å². The summed E-state index contributed by atoms with van der Waals surface area (Å²) in [6.07, 6.45) is 2.64. The van der Waals surface area contributed by atoms with Crippen molar-refractivity contribution in [2.24, 2.45) is 0 Å². The maximum Gasteiger partial charge on any atom is 0 e. The van der Waals surface area contributed by atoms with Gasteiger partial charge in [-0.15, -0.1) is 0 Å². The minimum Gasteiger partial charge on any atom is -0.0654 e. The first-order valence-corrected chi connectivity index (χ1v) is 1.91. The Morgan fingerprint density at radius 1 is 1.00 bits per heavy atom. The second kappa shape index (κ2) is 8.85. The first-order valence-electron chi connectivity index (χ1n) is 1.91. The first kappa shape index (κ1) is 9.30. The Morgan fingerprint density at radius 3 is 1.20 bits per heavy atom. The van der Waals surface area contributed by atoms with Gasteiger partial charge in [0.25, 0.3) is 0 Å². The molecule has 0 N–H and O–H groups in total. The van der Waals surface area contributed by atoms with Gasteiger partial charge in [-0.3, -0.25) is 0 Å². The van der Waals surface area contributed by atoms with Crippen LogP contribution in [0.5, 0.6) is 0 Å². The molecule has 0 aromatic rings. The van der Waals surface area contributed by atoms with Gasteiger partial charge in [-0.25, -0.2) is 0 Å². The van der Waals surface area contributed by atoms with Gasteiger partial charge in [0.1, 0.15) is 0 Å². The topological polar surface area (TPSA) is 0 Å². The molecule has 0 bridgehead atoms. The fourth-order valence-electron chi connectivity index (χ4n) is 0. The van der Waals surface area contributed by atoms with E-state index < -0.39 is 0 Å². The third kappa shape index (κ3) is 11.5. The summed E-state index contributed by atoms with van der Waals surface area (Å²) in [5.74, 6) is 0. The van der Waals surface area contributed by atoms with E-state index >= 15 is 0 Å². The second-order valence-corrected chi connectivity index (χ2v) is 1.000. The van der Waals surface area contributed by atoms with E-state index in [0.717, 1.165) is 0 Å². The summed E-state index contributed by atoms with van der Waals surface area (Å²) < 4.78 is 0. The van der Waals surface area contributed by atoms with Gasteiger partial charge in [-0.1, -0.05) is 26.7 Å². The van der Waals surface area contributed by atoms with E-state index in [1.807, 2.05) is 0 Å². The molecule has 0 radical (unpaired) electrons. The van der Waals surface area contributed by atoms with Crippen LogP contribution in [0.25, 0.3) is 0 Å². The van der Waals surface area contributed by atoms with E-state index in [1.165, 1.54) is 12.8 Å². The van der Waals surface area contributed by atoms with Crippen LogP contribution in [0.2, 0.25) is 0 Å². The summed E-state index contributed by atoms with van der Waals surface area (Å²) >= 11 is 0. The van der Waals surface area contributed by atoms with Crippen LogP contribution >= 0.6 is 0 Å². The fraction of sp³-hybridized carbons (Fsp3) is 1.00. The van der Waals surface area contributed by atoms with E-state index in [9.17, 15) is 0 Å². The standard InChI is InChI=1S/C4H10.Hf/c1-3-4-2;/h3-4H2,1-2H3;. The maximum atomic E-state index is 2.18. The molecule has 0 nitrogen and oxygen atoms in total. The smallest absolute Gasteiger partial charge is 0 e. The molecule has 0 aromatic carbocycles. The fourth-order valence-corrected chi connectivity index (χ4v) is 0. The molecule has 0 aliphatic rings. The van der Waals surface area contributed by atoms with Crippen LogP contribution in [0.1, 0.15) is 26.7 Å². The Bertz CT molecular complexity index is 5.61. The molecule has 30 valence electrons. The van der Waals surface area contributed by atoms with E-state index in [4.69, 9.17) is 0 Å². The van der Waals surface area contributed by atoms with Crippen molar-refractivity contribution < 1.29 is 25.8 Å². The molecule has 0 saturated carbocycles. The molecule has 0 saturated heterocycles. The molecule has 0 aliphatic heterocycles. The Balaban J connectivity index is 0. The zero-order chi connectivity index (χ0) is 3.41. The Kier molecular flexibility index (Phi) is 16.5. The number of rotatable bonds is 1. The van der Waals surface area contributed by atoms with Crippen LogP contribution in [0.15, 0.2) is 0 Å². The number of unbranched alkanes of at least 4 members (excludes halogenated alkanes) is 1. The van der Waals surface area contributed by atoms with E-state index in [1.54, 1.807) is 0 Å². The molecule has 0 heterocycles. The van der Waals surface area contributed by atoms with Crippen molar-refractivity contribution in [2.75, 3.05) is 0 Å². The van der Waals surface area contributed by atoms with Crippen LogP contribution in [0.4, 0.5) is 0 Å². The van der Waals surface area contributed by atoms with Crippen LogP contribution in [0, 0.1) is 0 Å². The third-order valence-corrected chi connectivity index (χ3v) is 0.500. The van der Waals surface area contributed by atoms with Crippen molar-refractivity contribution in [3.8, 4) is 0 Å². The Morgan fingerprint density at radius 2 is 1.20 bits per heavy atom. The Hall–Kier alpha value is 0.870. The summed E-state index contributed by atoms with van der Waals surface area (Å²) in [4.78, 5) is 0. The Labute approximate surface area is 52.7 Å². The minimum absolute atomic E-state index is 0. The van der Waals surface area contributed by atoms with Crippen molar-refractivity contribution >= 4 is 0 Å². The van der Waals surface area contributed by atoms with Crippen molar-refractivity contribution in [1.82, 2.24) is 0 Å². The SMILES string of the molecule is CCCC.[Hf]. The van der Waals surface area contributed by atoms with Crippen LogP contribution < -0.4 is 0 Å². The molecule has 0 aromatic heterocycles. The first-order chi connectivity index (χ1) is 1.91. The van der Waals surface area contributed by atoms with Crippen molar-refractivity contribution in [1.29, 1.82) is 0 Å². The zero-order valence-electron chi connectivity index (χ0n) is 3.91. The molecule has 1 heteroatoms. The minimum atomic E-state index is 0. The third-order valence-electron chi connectivity index (χ3n) is 0.500. The normalized spacial score (nSPS) is 6.00. The quantitative estimate of drug-likeness (QED) is 0.609. The summed E-state index contributed by atoms with van der Waals surface area (Å²) in [6.45, 7) is 4.36. The average molecular weight is 237 g/mol. The molecule has 0 unspecified atom stereocenters. The van der Waals surface area contributed by atoms with Gasteiger partial charge < -0.3 is 0 Å². The molecule has 5 heavy (non-hydrogen) atoms. The predicted molar refractivity (Wildman–Crippen MR) is 20.6 cm³/mol. The maximum absolute atomic E-state index is 2.18. The van der Waals surface area contributed by atoms with Gasteiger partial charge in [0.15, 0.2) is 0 Å². The molecular weight excluding hydrogens is 227 g/mol. The molecule has 0 rings (SSSR count). The zero-order valence-corrected chi connectivity index (χ0v) is 7.51. The number of hydrogen-bond acceptors (Lipinski definition) is 0. The predicted octanol–water partition coefficient (Wildman–Crippen LogP) is 1.80. The van der Waals surface area contributed by atoms with Crippen molar-refractivity contribution in [3.05, 3.63) is 0 Å².